The molecular weight excluding hydrogens is 260 g/mol. The summed E-state index contributed by atoms with van der Waals surface area (Å²) in [7, 11) is 0. The van der Waals surface area contributed by atoms with Crippen LogP contribution in [0.2, 0.25) is 0 Å². The smallest absolute Gasteiger partial charge is 0.0755 e. The summed E-state index contributed by atoms with van der Waals surface area (Å²) in [5.41, 5.74) is 9.04. The van der Waals surface area contributed by atoms with Crippen molar-refractivity contribution < 1.29 is 4.74 Å². The van der Waals surface area contributed by atoms with Gasteiger partial charge >= 0.3 is 0 Å². The van der Waals surface area contributed by atoms with Crippen LogP contribution in [0.4, 0.5) is 11.4 Å². The van der Waals surface area contributed by atoms with Crippen molar-refractivity contribution >= 4 is 11.4 Å². The molecule has 1 saturated heterocycles. The first-order valence-corrected chi connectivity index (χ1v) is 7.57. The highest BCUT2D eigenvalue weighted by Crippen LogP contribution is 2.22. The van der Waals surface area contributed by atoms with Crippen LogP contribution in [0.3, 0.4) is 0 Å². The van der Waals surface area contributed by atoms with E-state index in [1.807, 2.05) is 18.2 Å². The first-order chi connectivity index (χ1) is 10.3. The van der Waals surface area contributed by atoms with E-state index >= 15 is 0 Å². The standard InChI is InChI=1S/C18H22N2O/c19-16-8-10-17(11-9-16)20-12-4-7-18(13-20)21-14-15-5-2-1-3-6-15/h1-3,5-6,8-11,18H,4,7,12-14,19H2. The number of benzene rings is 2. The molecule has 1 fully saturated rings. The largest absolute Gasteiger partial charge is 0.399 e. The van der Waals surface area contributed by atoms with Gasteiger partial charge in [-0.25, -0.2) is 0 Å². The molecule has 2 N–H and O–H groups in total. The molecule has 0 saturated carbocycles. The number of piperidine rings is 1. The van der Waals surface area contributed by atoms with E-state index < -0.39 is 0 Å². The summed E-state index contributed by atoms with van der Waals surface area (Å²) in [6.07, 6.45) is 2.61. The Morgan fingerprint density at radius 1 is 1.05 bits per heavy atom. The number of hydrogen-bond acceptors (Lipinski definition) is 3. The molecule has 3 heteroatoms. The molecule has 0 aromatic heterocycles. The lowest BCUT2D eigenvalue weighted by Crippen LogP contribution is -2.39. The maximum absolute atomic E-state index is 6.08. The lowest BCUT2D eigenvalue weighted by molar-refractivity contribution is 0.0316. The molecule has 1 heterocycles. The molecule has 1 aliphatic rings. The van der Waals surface area contributed by atoms with Crippen molar-refractivity contribution in [1.82, 2.24) is 0 Å². The van der Waals surface area contributed by atoms with Gasteiger partial charge in [0.1, 0.15) is 0 Å². The summed E-state index contributed by atoms with van der Waals surface area (Å²) in [4.78, 5) is 2.39. The molecule has 21 heavy (non-hydrogen) atoms. The van der Waals surface area contributed by atoms with E-state index in [4.69, 9.17) is 10.5 Å². The van der Waals surface area contributed by atoms with Crippen molar-refractivity contribution in [3.8, 4) is 0 Å². The van der Waals surface area contributed by atoms with Crippen molar-refractivity contribution in [2.45, 2.75) is 25.6 Å². The van der Waals surface area contributed by atoms with Crippen molar-refractivity contribution in [2.75, 3.05) is 23.7 Å². The third kappa shape index (κ3) is 3.76. The summed E-state index contributed by atoms with van der Waals surface area (Å²) in [6, 6.07) is 18.5. The molecule has 3 nitrogen and oxygen atoms in total. The van der Waals surface area contributed by atoms with Gasteiger partial charge in [-0.1, -0.05) is 30.3 Å². The molecule has 1 unspecified atom stereocenters. The number of rotatable bonds is 4. The molecular formula is C18H22N2O. The van der Waals surface area contributed by atoms with Gasteiger partial charge in [0.05, 0.1) is 12.7 Å². The molecule has 1 atom stereocenters. The topological polar surface area (TPSA) is 38.5 Å². The third-order valence-corrected chi connectivity index (χ3v) is 3.96. The van der Waals surface area contributed by atoms with Crippen molar-refractivity contribution in [3.05, 3.63) is 60.2 Å². The van der Waals surface area contributed by atoms with E-state index in [0.29, 0.717) is 12.7 Å². The molecule has 2 aromatic rings. The Kier molecular flexibility index (Phi) is 4.41. The number of anilines is 2. The summed E-state index contributed by atoms with van der Waals surface area (Å²) >= 11 is 0. The minimum atomic E-state index is 0.302. The molecule has 1 aliphatic heterocycles. The normalized spacial score (nSPS) is 18.7. The summed E-state index contributed by atoms with van der Waals surface area (Å²) < 4.78 is 6.08. The summed E-state index contributed by atoms with van der Waals surface area (Å²) in [6.45, 7) is 2.74. The van der Waals surface area contributed by atoms with Gasteiger partial charge in [0.2, 0.25) is 0 Å². The van der Waals surface area contributed by atoms with Crippen LogP contribution in [0.15, 0.2) is 54.6 Å². The second-order valence-corrected chi connectivity index (χ2v) is 5.60. The average Bonchev–Trinajstić information content (AvgIpc) is 2.55. The summed E-state index contributed by atoms with van der Waals surface area (Å²) in [5.74, 6) is 0. The summed E-state index contributed by atoms with van der Waals surface area (Å²) in [5, 5.41) is 0. The van der Waals surface area contributed by atoms with E-state index in [1.54, 1.807) is 0 Å². The van der Waals surface area contributed by atoms with Gasteiger partial charge in [-0.2, -0.15) is 0 Å². The number of nitrogen functional groups attached to an aromatic ring is 1. The van der Waals surface area contributed by atoms with E-state index in [-0.39, 0.29) is 0 Å². The van der Waals surface area contributed by atoms with Gasteiger partial charge in [-0.3, -0.25) is 0 Å². The minimum absolute atomic E-state index is 0.302. The number of hydrogen-bond donors (Lipinski definition) is 1. The van der Waals surface area contributed by atoms with Crippen LogP contribution in [0.5, 0.6) is 0 Å². The third-order valence-electron chi connectivity index (χ3n) is 3.96. The monoisotopic (exact) mass is 282 g/mol. The highest BCUT2D eigenvalue weighted by molar-refractivity contribution is 5.53. The molecule has 0 aliphatic carbocycles. The number of nitrogens with two attached hydrogens (primary N) is 1. The minimum Gasteiger partial charge on any atom is -0.399 e. The maximum atomic E-state index is 6.08. The van der Waals surface area contributed by atoms with E-state index in [0.717, 1.165) is 25.2 Å². The predicted molar refractivity (Wildman–Crippen MR) is 87.3 cm³/mol. The van der Waals surface area contributed by atoms with Crippen LogP contribution < -0.4 is 10.6 Å². The van der Waals surface area contributed by atoms with E-state index in [9.17, 15) is 0 Å². The maximum Gasteiger partial charge on any atom is 0.0755 e. The second kappa shape index (κ2) is 6.64. The second-order valence-electron chi connectivity index (χ2n) is 5.60. The highest BCUT2D eigenvalue weighted by Gasteiger charge is 2.20. The van der Waals surface area contributed by atoms with Gasteiger partial charge in [-0.05, 0) is 42.7 Å². The highest BCUT2D eigenvalue weighted by atomic mass is 16.5. The average molecular weight is 282 g/mol. The fourth-order valence-electron chi connectivity index (χ4n) is 2.78. The predicted octanol–water partition coefficient (Wildman–Crippen LogP) is 3.45. The fraction of sp³-hybridized carbons (Fsp3) is 0.333. The Balaban J connectivity index is 1.57. The lowest BCUT2D eigenvalue weighted by atomic mass is 10.1. The van der Waals surface area contributed by atoms with Crippen LogP contribution >= 0.6 is 0 Å². The Morgan fingerprint density at radius 2 is 1.81 bits per heavy atom. The number of nitrogens with zero attached hydrogens (tertiary/aromatic N) is 1. The van der Waals surface area contributed by atoms with E-state index in [1.165, 1.54) is 17.7 Å². The molecule has 3 rings (SSSR count). The Bertz CT molecular complexity index is 553. The first kappa shape index (κ1) is 14.0. The molecule has 2 aromatic carbocycles. The van der Waals surface area contributed by atoms with Crippen LogP contribution in [0.1, 0.15) is 18.4 Å². The van der Waals surface area contributed by atoms with E-state index in [2.05, 4.69) is 41.3 Å². The van der Waals surface area contributed by atoms with Gasteiger partial charge in [0.25, 0.3) is 0 Å². The van der Waals surface area contributed by atoms with Crippen LogP contribution in [0.25, 0.3) is 0 Å². The zero-order chi connectivity index (χ0) is 14.5. The molecule has 0 amide bonds. The quantitative estimate of drug-likeness (QED) is 0.873. The van der Waals surface area contributed by atoms with Crippen LogP contribution in [-0.2, 0) is 11.3 Å². The van der Waals surface area contributed by atoms with Crippen LogP contribution in [-0.4, -0.2) is 19.2 Å². The Morgan fingerprint density at radius 3 is 2.57 bits per heavy atom. The van der Waals surface area contributed by atoms with Gasteiger partial charge in [0, 0.05) is 24.5 Å². The zero-order valence-electron chi connectivity index (χ0n) is 12.2. The molecule has 0 bridgehead atoms. The molecule has 0 spiro atoms. The Hall–Kier alpha value is -2.00. The lowest BCUT2D eigenvalue weighted by Gasteiger charge is -2.34. The molecule has 110 valence electrons. The SMILES string of the molecule is Nc1ccc(N2CCCC(OCc3ccccc3)C2)cc1. The Labute approximate surface area is 126 Å². The fourth-order valence-corrected chi connectivity index (χ4v) is 2.78. The van der Waals surface area contributed by atoms with Crippen molar-refractivity contribution in [2.24, 2.45) is 0 Å². The van der Waals surface area contributed by atoms with Crippen molar-refractivity contribution in [3.63, 3.8) is 0 Å². The first-order valence-electron chi connectivity index (χ1n) is 7.57. The van der Waals surface area contributed by atoms with Gasteiger partial charge < -0.3 is 15.4 Å². The van der Waals surface area contributed by atoms with Gasteiger partial charge in [-0.15, -0.1) is 0 Å². The van der Waals surface area contributed by atoms with Crippen molar-refractivity contribution in [1.29, 1.82) is 0 Å². The van der Waals surface area contributed by atoms with Crippen LogP contribution in [0, 0.1) is 0 Å². The molecule has 0 radical (unpaired) electrons. The number of ether oxygens (including phenoxy) is 1. The van der Waals surface area contributed by atoms with Gasteiger partial charge in [0.15, 0.2) is 0 Å². The zero-order valence-corrected chi connectivity index (χ0v) is 12.2.